The summed E-state index contributed by atoms with van der Waals surface area (Å²) in [5.74, 6) is 1.06. The van der Waals surface area contributed by atoms with Gasteiger partial charge in [-0.25, -0.2) is 4.98 Å². The molecule has 1 aliphatic rings. The Hall–Kier alpha value is -2.14. The van der Waals surface area contributed by atoms with Crippen LogP contribution in [0.5, 0.6) is 0 Å². The van der Waals surface area contributed by atoms with Crippen molar-refractivity contribution in [2.75, 3.05) is 18.4 Å². The number of hydrogen-bond donors (Lipinski definition) is 1. The molecule has 0 aromatic carbocycles. The smallest absolute Gasteiger partial charge is 0.255 e. The van der Waals surface area contributed by atoms with E-state index in [9.17, 15) is 4.79 Å². The Morgan fingerprint density at radius 3 is 2.83 bits per heavy atom. The number of hydrogen-bond acceptors (Lipinski definition) is 4. The Bertz CT molecular complexity index is 732. The van der Waals surface area contributed by atoms with Crippen molar-refractivity contribution in [2.24, 2.45) is 5.92 Å². The number of piperidine rings is 1. The van der Waals surface area contributed by atoms with E-state index in [0.717, 1.165) is 30.9 Å². The van der Waals surface area contributed by atoms with E-state index in [1.807, 2.05) is 24.0 Å². The molecule has 0 aliphatic carbocycles. The maximum Gasteiger partial charge on any atom is 0.255 e. The molecule has 1 amide bonds. The zero-order chi connectivity index (χ0) is 17.1. The molecule has 1 saturated heterocycles. The minimum atomic E-state index is -0.000461. The summed E-state index contributed by atoms with van der Waals surface area (Å²) in [7, 11) is 0. The van der Waals surface area contributed by atoms with E-state index < -0.39 is 0 Å². The third kappa shape index (κ3) is 3.85. The molecule has 1 aliphatic heterocycles. The van der Waals surface area contributed by atoms with Crippen LogP contribution in [0.1, 0.15) is 35.8 Å². The molecule has 5 nitrogen and oxygen atoms in total. The molecular formula is C18H21ClN4O. The summed E-state index contributed by atoms with van der Waals surface area (Å²) in [6, 6.07) is 5.50. The molecule has 6 heteroatoms. The molecule has 3 heterocycles. The van der Waals surface area contributed by atoms with E-state index in [2.05, 4.69) is 22.2 Å². The minimum Gasteiger partial charge on any atom is -0.338 e. The van der Waals surface area contributed by atoms with Gasteiger partial charge in [-0.1, -0.05) is 18.5 Å². The molecule has 0 saturated carbocycles. The predicted molar refractivity (Wildman–Crippen MR) is 95.8 cm³/mol. The Balaban J connectivity index is 1.74. The number of anilines is 2. The summed E-state index contributed by atoms with van der Waals surface area (Å²) in [4.78, 5) is 23.0. The predicted octanol–water partition coefficient (Wildman–Crippen LogP) is 4.05. The molecule has 1 unspecified atom stereocenters. The first-order chi connectivity index (χ1) is 11.5. The monoisotopic (exact) mass is 344 g/mol. The normalized spacial score (nSPS) is 17.6. The van der Waals surface area contributed by atoms with Crippen molar-refractivity contribution in [3.05, 3.63) is 46.9 Å². The summed E-state index contributed by atoms with van der Waals surface area (Å²) in [5.41, 5.74) is 2.27. The fraction of sp³-hybridized carbons (Fsp3) is 0.389. The molecular weight excluding hydrogens is 324 g/mol. The van der Waals surface area contributed by atoms with Gasteiger partial charge in [0, 0.05) is 25.0 Å². The molecule has 3 rings (SSSR count). The van der Waals surface area contributed by atoms with Crippen LogP contribution in [0.2, 0.25) is 5.02 Å². The van der Waals surface area contributed by atoms with Gasteiger partial charge in [0.1, 0.15) is 5.82 Å². The largest absolute Gasteiger partial charge is 0.338 e. The van der Waals surface area contributed by atoms with Crippen molar-refractivity contribution in [3.63, 3.8) is 0 Å². The topological polar surface area (TPSA) is 58.1 Å². The number of aryl methyl sites for hydroxylation is 1. The highest BCUT2D eigenvalue weighted by molar-refractivity contribution is 6.33. The average Bonchev–Trinajstić information content (AvgIpc) is 2.58. The fourth-order valence-electron chi connectivity index (χ4n) is 2.88. The second kappa shape index (κ2) is 7.18. The molecule has 0 bridgehead atoms. The van der Waals surface area contributed by atoms with Gasteiger partial charge < -0.3 is 10.2 Å². The lowest BCUT2D eigenvalue weighted by Gasteiger charge is -2.31. The second-order valence-corrected chi connectivity index (χ2v) is 6.77. The quantitative estimate of drug-likeness (QED) is 0.912. The van der Waals surface area contributed by atoms with Gasteiger partial charge in [-0.3, -0.25) is 9.78 Å². The van der Waals surface area contributed by atoms with Crippen LogP contribution in [-0.2, 0) is 0 Å². The number of halogens is 1. The van der Waals surface area contributed by atoms with Crippen molar-refractivity contribution in [2.45, 2.75) is 26.7 Å². The highest BCUT2D eigenvalue weighted by atomic mass is 35.5. The number of nitrogens with one attached hydrogen (secondary N) is 1. The maximum absolute atomic E-state index is 12.6. The van der Waals surface area contributed by atoms with Crippen LogP contribution in [0.3, 0.4) is 0 Å². The van der Waals surface area contributed by atoms with Crippen LogP contribution in [0.15, 0.2) is 30.6 Å². The van der Waals surface area contributed by atoms with Gasteiger partial charge in [-0.05, 0) is 43.9 Å². The Kier molecular flexibility index (Phi) is 5.00. The van der Waals surface area contributed by atoms with Crippen LogP contribution >= 0.6 is 11.6 Å². The maximum atomic E-state index is 12.6. The van der Waals surface area contributed by atoms with Crippen molar-refractivity contribution in [3.8, 4) is 0 Å². The van der Waals surface area contributed by atoms with Gasteiger partial charge in [0.05, 0.1) is 22.5 Å². The molecule has 2 aromatic heterocycles. The molecule has 24 heavy (non-hydrogen) atoms. The summed E-state index contributed by atoms with van der Waals surface area (Å²) < 4.78 is 0. The van der Waals surface area contributed by atoms with E-state index in [1.165, 1.54) is 6.42 Å². The lowest BCUT2D eigenvalue weighted by atomic mass is 10.00. The van der Waals surface area contributed by atoms with Gasteiger partial charge in [0.25, 0.3) is 5.91 Å². The Labute approximate surface area is 147 Å². The third-order valence-corrected chi connectivity index (χ3v) is 4.49. The minimum absolute atomic E-state index is 0.000461. The number of aromatic nitrogens is 2. The van der Waals surface area contributed by atoms with Gasteiger partial charge in [0.2, 0.25) is 0 Å². The van der Waals surface area contributed by atoms with E-state index in [1.54, 1.807) is 18.5 Å². The van der Waals surface area contributed by atoms with Crippen LogP contribution in [0.4, 0.5) is 11.5 Å². The molecule has 0 spiro atoms. The van der Waals surface area contributed by atoms with Gasteiger partial charge in [-0.15, -0.1) is 0 Å². The number of carbonyl (C=O) groups is 1. The first-order valence-corrected chi connectivity index (χ1v) is 8.55. The number of nitrogens with zero attached hydrogens (tertiary/aromatic N) is 3. The number of pyridine rings is 2. The molecule has 126 valence electrons. The van der Waals surface area contributed by atoms with Gasteiger partial charge in [-0.2, -0.15) is 0 Å². The zero-order valence-electron chi connectivity index (χ0n) is 13.9. The van der Waals surface area contributed by atoms with Crippen LogP contribution in [-0.4, -0.2) is 33.9 Å². The van der Waals surface area contributed by atoms with E-state index in [4.69, 9.17) is 11.6 Å². The second-order valence-electron chi connectivity index (χ2n) is 6.37. The van der Waals surface area contributed by atoms with Gasteiger partial charge >= 0.3 is 0 Å². The summed E-state index contributed by atoms with van der Waals surface area (Å²) >= 11 is 6.31. The lowest BCUT2D eigenvalue weighted by molar-refractivity contribution is 0.0682. The number of rotatable bonds is 3. The standard InChI is InChI=1S/C18H21ClN4O/c1-12-4-3-7-23(11-12)18(24)14-8-16(19)17(21-9-14)22-15-6-5-13(2)20-10-15/h5-6,8-10,12H,3-4,7,11H2,1-2H3,(H,21,22). The fourth-order valence-corrected chi connectivity index (χ4v) is 3.10. The van der Waals surface area contributed by atoms with Crippen LogP contribution in [0, 0.1) is 12.8 Å². The van der Waals surface area contributed by atoms with Gasteiger partial charge in [0.15, 0.2) is 0 Å². The summed E-state index contributed by atoms with van der Waals surface area (Å²) in [6.07, 6.45) is 5.53. The Morgan fingerprint density at radius 1 is 1.33 bits per heavy atom. The highest BCUT2D eigenvalue weighted by Crippen LogP contribution is 2.25. The van der Waals surface area contributed by atoms with E-state index >= 15 is 0 Å². The first kappa shape index (κ1) is 16.7. The average molecular weight is 345 g/mol. The first-order valence-electron chi connectivity index (χ1n) is 8.17. The molecule has 1 fully saturated rings. The van der Waals surface area contributed by atoms with Crippen molar-refractivity contribution in [1.29, 1.82) is 0 Å². The van der Waals surface area contributed by atoms with E-state index in [0.29, 0.717) is 22.3 Å². The number of amides is 1. The summed E-state index contributed by atoms with van der Waals surface area (Å²) in [6.45, 7) is 5.70. The van der Waals surface area contributed by atoms with Crippen molar-refractivity contribution in [1.82, 2.24) is 14.9 Å². The van der Waals surface area contributed by atoms with Crippen LogP contribution in [0.25, 0.3) is 0 Å². The number of carbonyl (C=O) groups excluding carboxylic acids is 1. The Morgan fingerprint density at radius 2 is 2.17 bits per heavy atom. The van der Waals surface area contributed by atoms with E-state index in [-0.39, 0.29) is 5.91 Å². The van der Waals surface area contributed by atoms with Crippen molar-refractivity contribution >= 4 is 29.0 Å². The SMILES string of the molecule is Cc1ccc(Nc2ncc(C(=O)N3CCCC(C)C3)cc2Cl)cn1. The number of likely N-dealkylation sites (tertiary alicyclic amines) is 1. The molecule has 0 radical (unpaired) electrons. The molecule has 1 atom stereocenters. The third-order valence-electron chi connectivity index (χ3n) is 4.21. The van der Waals surface area contributed by atoms with Crippen LogP contribution < -0.4 is 5.32 Å². The molecule has 1 N–H and O–H groups in total. The highest BCUT2D eigenvalue weighted by Gasteiger charge is 2.22. The lowest BCUT2D eigenvalue weighted by Crippen LogP contribution is -2.39. The molecule has 2 aromatic rings. The zero-order valence-corrected chi connectivity index (χ0v) is 14.7. The van der Waals surface area contributed by atoms with Crippen molar-refractivity contribution < 1.29 is 4.79 Å². The summed E-state index contributed by atoms with van der Waals surface area (Å²) in [5, 5.41) is 3.54.